The predicted molar refractivity (Wildman–Crippen MR) is 88.2 cm³/mol. The molecule has 13 nitrogen and oxygen atoms in total. The van der Waals surface area contributed by atoms with Gasteiger partial charge in [0.1, 0.15) is 6.10 Å². The molecule has 0 amide bonds. The fourth-order valence-corrected chi connectivity index (χ4v) is 2.12. The van der Waals surface area contributed by atoms with Gasteiger partial charge in [-0.15, -0.1) is 0 Å². The number of hydrogen-bond donors (Lipinski definition) is 0. The average molecular weight is 403 g/mol. The predicted octanol–water partition coefficient (Wildman–Crippen LogP) is 0.196. The Balaban J connectivity index is 6.31. The Hall–Kier alpha value is -3.34. The maximum atomic E-state index is 12.1. The van der Waals surface area contributed by atoms with Gasteiger partial charge in [0.05, 0.1) is 13.7 Å². The molecule has 13 heteroatoms. The first kappa shape index (κ1) is 24.7. The van der Waals surface area contributed by atoms with Crippen LogP contribution in [0.4, 0.5) is 0 Å². The molecule has 0 saturated heterocycles. The second-order valence-corrected chi connectivity index (χ2v) is 5.26. The normalized spacial score (nSPS) is 14.2. The molecule has 0 aromatic rings. The molecule has 0 fully saturated rings. The molecule has 0 heterocycles. The molecule has 0 aliphatic carbocycles. The van der Waals surface area contributed by atoms with Crippen LogP contribution >= 0.6 is 0 Å². The molecule has 0 N–H and O–H groups in total. The molecule has 0 aliphatic rings. The largest absolute Gasteiger partial charge is 0.466 e. The van der Waals surface area contributed by atoms with Gasteiger partial charge in [-0.25, -0.2) is 4.79 Å². The Morgan fingerprint density at radius 1 is 0.821 bits per heavy atom. The monoisotopic (exact) mass is 403 g/mol. The van der Waals surface area contributed by atoms with Crippen LogP contribution < -0.4 is 0 Å². The van der Waals surface area contributed by atoms with Gasteiger partial charge in [0.25, 0.3) is 0 Å². The van der Waals surface area contributed by atoms with E-state index in [9.17, 15) is 24.0 Å². The lowest BCUT2D eigenvalue weighted by Gasteiger charge is -2.34. The third-order valence-corrected chi connectivity index (χ3v) is 2.96. The van der Waals surface area contributed by atoms with Gasteiger partial charge in [0, 0.05) is 32.6 Å². The second kappa shape index (κ2) is 12.1. The topological polar surface area (TPSA) is 180 Å². The fraction of sp³-hybridized carbons (Fsp3) is 0.667. The Labute approximate surface area is 159 Å². The molecule has 28 heavy (non-hydrogen) atoms. The number of esters is 5. The summed E-state index contributed by atoms with van der Waals surface area (Å²) in [6, 6.07) is 0. The number of carbonyl (C=O) groups is 5. The van der Waals surface area contributed by atoms with Gasteiger partial charge in [0.15, 0.2) is 12.2 Å². The third kappa shape index (κ3) is 8.85. The Morgan fingerprint density at radius 2 is 1.29 bits per heavy atom. The first-order valence-corrected chi connectivity index (χ1v) is 7.81. The van der Waals surface area contributed by atoms with Crippen LogP contribution in [-0.4, -0.2) is 67.9 Å². The molecule has 0 aliphatic heterocycles. The van der Waals surface area contributed by atoms with Crippen molar-refractivity contribution in [1.82, 2.24) is 0 Å². The maximum absolute atomic E-state index is 12.1. The summed E-state index contributed by atoms with van der Waals surface area (Å²) in [4.78, 5) is 60.5. The number of nitrogens with zero attached hydrogens (tertiary/aromatic N) is 3. The van der Waals surface area contributed by atoms with Gasteiger partial charge in [-0.1, -0.05) is 5.11 Å². The summed E-state index contributed by atoms with van der Waals surface area (Å²) in [5.74, 6) is -4.77. The van der Waals surface area contributed by atoms with E-state index in [4.69, 9.17) is 24.5 Å². The fourth-order valence-electron chi connectivity index (χ4n) is 2.12. The van der Waals surface area contributed by atoms with E-state index in [0.717, 1.165) is 34.8 Å². The quantitative estimate of drug-likeness (QED) is 0.161. The van der Waals surface area contributed by atoms with Crippen molar-refractivity contribution in [3.8, 4) is 0 Å². The molecule has 0 aromatic heterocycles. The first-order valence-electron chi connectivity index (χ1n) is 7.81. The summed E-state index contributed by atoms with van der Waals surface area (Å²) < 4.78 is 24.5. The summed E-state index contributed by atoms with van der Waals surface area (Å²) in [6.07, 6.45) is -6.76. The van der Waals surface area contributed by atoms with Gasteiger partial charge < -0.3 is 23.7 Å². The minimum absolute atomic E-state index is 0.542. The number of rotatable bonds is 10. The maximum Gasteiger partial charge on any atom is 0.351 e. The highest BCUT2D eigenvalue weighted by molar-refractivity contribution is 5.80. The molecule has 0 unspecified atom stereocenters. The lowest BCUT2D eigenvalue weighted by Crippen LogP contribution is -2.55. The zero-order chi connectivity index (χ0) is 21.9. The Bertz CT molecular complexity index is 654. The third-order valence-electron chi connectivity index (χ3n) is 2.96. The summed E-state index contributed by atoms with van der Waals surface area (Å²) in [6.45, 7) is 3.44. The molecule has 0 bridgehead atoms. The number of carbonyl (C=O) groups excluding carboxylic acids is 5. The first-order chi connectivity index (χ1) is 13.0. The van der Waals surface area contributed by atoms with E-state index >= 15 is 0 Å². The highest BCUT2D eigenvalue weighted by Gasteiger charge is 2.46. The lowest BCUT2D eigenvalue weighted by molar-refractivity contribution is -0.203. The van der Waals surface area contributed by atoms with Crippen molar-refractivity contribution in [2.75, 3.05) is 13.7 Å². The summed E-state index contributed by atoms with van der Waals surface area (Å²) in [5, 5.41) is 3.25. The molecule has 156 valence electrons. The molecular weight excluding hydrogens is 382 g/mol. The van der Waals surface area contributed by atoms with Crippen molar-refractivity contribution in [1.29, 1.82) is 0 Å². The second-order valence-electron chi connectivity index (χ2n) is 5.26. The molecule has 4 atom stereocenters. The van der Waals surface area contributed by atoms with E-state index in [1.54, 1.807) is 0 Å². The number of azide groups is 1. The standard InChI is InChI=1S/C15H21N3O10/c1-7(19)25-11(6-17-18-16)12(26-8(2)20)13(27-9(3)21)14(15(23)24-5)28-10(4)22/h11-14H,6H2,1-5H3/t11-,12-,13+,14-/m1/s1. The minimum Gasteiger partial charge on any atom is -0.466 e. The summed E-state index contributed by atoms with van der Waals surface area (Å²) in [7, 11) is 0.980. The van der Waals surface area contributed by atoms with Crippen LogP contribution in [0, 0.1) is 0 Å². The number of ether oxygens (including phenoxy) is 5. The van der Waals surface area contributed by atoms with Gasteiger partial charge in [-0.05, 0) is 5.53 Å². The lowest BCUT2D eigenvalue weighted by atomic mass is 10.0. The SMILES string of the molecule is COC(=O)[C@H](OC(C)=O)[C@@H](OC(C)=O)[C@H](OC(C)=O)[C@@H](CN=[N+]=[N-])OC(C)=O. The Morgan fingerprint density at radius 3 is 1.68 bits per heavy atom. The van der Waals surface area contributed by atoms with Crippen LogP contribution in [-0.2, 0) is 47.7 Å². The Kier molecular flexibility index (Phi) is 10.7. The van der Waals surface area contributed by atoms with E-state index in [2.05, 4.69) is 14.8 Å². The van der Waals surface area contributed by atoms with Crippen molar-refractivity contribution >= 4 is 29.8 Å². The van der Waals surface area contributed by atoms with Gasteiger partial charge in [-0.2, -0.15) is 0 Å². The van der Waals surface area contributed by atoms with Crippen molar-refractivity contribution in [2.45, 2.75) is 52.1 Å². The van der Waals surface area contributed by atoms with Crippen LogP contribution in [0.2, 0.25) is 0 Å². The van der Waals surface area contributed by atoms with Crippen molar-refractivity contribution in [3.63, 3.8) is 0 Å². The smallest absolute Gasteiger partial charge is 0.351 e. The van der Waals surface area contributed by atoms with E-state index in [0.29, 0.717) is 0 Å². The molecule has 0 spiro atoms. The van der Waals surface area contributed by atoms with Gasteiger partial charge in [0.2, 0.25) is 6.10 Å². The van der Waals surface area contributed by atoms with Crippen molar-refractivity contribution < 1.29 is 47.7 Å². The minimum atomic E-state index is -1.86. The summed E-state index contributed by atoms with van der Waals surface area (Å²) in [5.41, 5.74) is 8.53. The van der Waals surface area contributed by atoms with Crippen LogP contribution in [0.15, 0.2) is 5.11 Å². The van der Waals surface area contributed by atoms with E-state index in [-0.39, 0.29) is 0 Å². The summed E-state index contributed by atoms with van der Waals surface area (Å²) >= 11 is 0. The van der Waals surface area contributed by atoms with Gasteiger partial charge in [-0.3, -0.25) is 19.2 Å². The molecule has 0 aromatic carbocycles. The highest BCUT2D eigenvalue weighted by atomic mass is 16.6. The highest BCUT2D eigenvalue weighted by Crippen LogP contribution is 2.21. The number of methoxy groups -OCH3 is 1. The zero-order valence-corrected chi connectivity index (χ0v) is 15.9. The van der Waals surface area contributed by atoms with E-state index in [1.807, 2.05) is 0 Å². The van der Waals surface area contributed by atoms with Crippen LogP contribution in [0.3, 0.4) is 0 Å². The van der Waals surface area contributed by atoms with Crippen LogP contribution in [0.5, 0.6) is 0 Å². The van der Waals surface area contributed by atoms with Crippen molar-refractivity contribution in [3.05, 3.63) is 10.4 Å². The molecule has 0 radical (unpaired) electrons. The number of hydrogen-bond acceptors (Lipinski definition) is 11. The van der Waals surface area contributed by atoms with E-state index < -0.39 is 60.8 Å². The molecular formula is C15H21N3O10. The molecule has 0 rings (SSSR count). The van der Waals surface area contributed by atoms with Gasteiger partial charge >= 0.3 is 29.8 Å². The van der Waals surface area contributed by atoms with Crippen LogP contribution in [0.25, 0.3) is 10.4 Å². The molecule has 0 saturated carbocycles. The van der Waals surface area contributed by atoms with Crippen molar-refractivity contribution in [2.24, 2.45) is 5.11 Å². The van der Waals surface area contributed by atoms with E-state index in [1.165, 1.54) is 0 Å². The average Bonchev–Trinajstić information content (AvgIpc) is 2.58. The van der Waals surface area contributed by atoms with Crippen LogP contribution in [0.1, 0.15) is 27.7 Å². The zero-order valence-electron chi connectivity index (χ0n) is 15.9.